The molecule has 210 valence electrons. The third-order valence-corrected chi connectivity index (χ3v) is 8.53. The van der Waals surface area contributed by atoms with Gasteiger partial charge < -0.3 is 9.64 Å². The first-order valence-corrected chi connectivity index (χ1v) is 14.0. The van der Waals surface area contributed by atoms with Crippen molar-refractivity contribution in [2.45, 2.75) is 30.8 Å². The Balaban J connectivity index is 1.82. The number of rotatable bonds is 11. The number of nitrogens with zero attached hydrogens (tertiary/aromatic N) is 2. The Kier molecular flexibility index (Phi) is 9.43. The molecule has 1 unspecified atom stereocenters. The van der Waals surface area contributed by atoms with Gasteiger partial charge in [0.15, 0.2) is 11.6 Å². The second-order valence-electron chi connectivity index (χ2n) is 9.86. The predicted octanol–water partition coefficient (Wildman–Crippen LogP) is 7.23. The highest BCUT2D eigenvalue weighted by Crippen LogP contribution is 2.41. The number of hydrogen-bond acceptors (Lipinski definition) is 4. The topological polar surface area (TPSA) is 34.5 Å². The molecule has 0 bridgehead atoms. The molecule has 1 atom stereocenters. The molecular weight excluding hydrogens is 533 g/mol. The maximum Gasteiger partial charge on any atom is 0.260 e. The highest BCUT2D eigenvalue weighted by atomic mass is 32.2. The van der Waals surface area contributed by atoms with Gasteiger partial charge in [0.25, 0.3) is 5.56 Å². The Morgan fingerprint density at radius 2 is 1.93 bits per heavy atom. The number of likely N-dealkylation sites (N-methyl/N-ethyl adjacent to an activating group) is 1. The first-order chi connectivity index (χ1) is 19.2. The first-order valence-electron chi connectivity index (χ1n) is 13.0. The van der Waals surface area contributed by atoms with Gasteiger partial charge in [-0.05, 0) is 49.2 Å². The number of allylic oxidation sites excluding steroid dienone is 4. The molecule has 0 amide bonds. The molecular formula is C32H33F3N2O2S. The van der Waals surface area contributed by atoms with Crippen LogP contribution in [0.5, 0.6) is 5.75 Å². The van der Waals surface area contributed by atoms with E-state index in [1.165, 1.54) is 36.6 Å². The van der Waals surface area contributed by atoms with Crippen LogP contribution in [0.25, 0.3) is 11.1 Å². The minimum Gasteiger partial charge on any atom is -0.494 e. The summed E-state index contributed by atoms with van der Waals surface area (Å²) in [6.07, 6.45) is 1.63. The molecule has 0 spiro atoms. The Morgan fingerprint density at radius 1 is 1.20 bits per heavy atom. The van der Waals surface area contributed by atoms with Crippen LogP contribution in [0.2, 0.25) is 0 Å². The average Bonchev–Trinajstić information content (AvgIpc) is 3.36. The van der Waals surface area contributed by atoms with Crippen LogP contribution in [0.3, 0.4) is 0 Å². The molecule has 4 rings (SSSR count). The van der Waals surface area contributed by atoms with Crippen LogP contribution in [0, 0.1) is 12.7 Å². The van der Waals surface area contributed by atoms with E-state index in [2.05, 4.69) is 30.2 Å². The van der Waals surface area contributed by atoms with Crippen molar-refractivity contribution in [3.8, 4) is 16.9 Å². The van der Waals surface area contributed by atoms with Gasteiger partial charge in [-0.3, -0.25) is 9.36 Å². The summed E-state index contributed by atoms with van der Waals surface area (Å²) >= 11 is 1.47. The third-order valence-electron chi connectivity index (χ3n) is 7.26. The maximum absolute atomic E-state index is 15.5. The molecule has 8 heteroatoms. The monoisotopic (exact) mass is 566 g/mol. The zero-order chi connectivity index (χ0) is 29.0. The van der Waals surface area contributed by atoms with E-state index >= 15 is 4.39 Å². The molecule has 0 aliphatic carbocycles. The number of hydrogen-bond donors (Lipinski definition) is 0. The van der Waals surface area contributed by atoms with Crippen LogP contribution in [-0.2, 0) is 12.8 Å². The minimum absolute atomic E-state index is 0.00495. The van der Waals surface area contributed by atoms with E-state index in [0.29, 0.717) is 28.5 Å². The molecule has 0 radical (unpaired) electrons. The van der Waals surface area contributed by atoms with Gasteiger partial charge in [-0.2, -0.15) is 0 Å². The van der Waals surface area contributed by atoms with E-state index in [0.717, 1.165) is 19.0 Å². The number of thioether (sulfide) groups is 1. The van der Waals surface area contributed by atoms with Gasteiger partial charge in [0.05, 0.1) is 23.7 Å². The summed E-state index contributed by atoms with van der Waals surface area (Å²) in [5.74, 6) is -1.81. The predicted molar refractivity (Wildman–Crippen MR) is 157 cm³/mol. The molecule has 1 aromatic heterocycles. The van der Waals surface area contributed by atoms with Crippen molar-refractivity contribution in [2.24, 2.45) is 0 Å². The second-order valence-corrected chi connectivity index (χ2v) is 10.9. The molecule has 0 fully saturated rings. The summed E-state index contributed by atoms with van der Waals surface area (Å²) in [4.78, 5) is 16.3. The number of pyridine rings is 1. The van der Waals surface area contributed by atoms with Crippen LogP contribution < -0.4 is 10.3 Å². The summed E-state index contributed by atoms with van der Waals surface area (Å²) in [6, 6.07) is 14.6. The van der Waals surface area contributed by atoms with Crippen molar-refractivity contribution in [3.05, 3.63) is 118 Å². The average molecular weight is 567 g/mol. The van der Waals surface area contributed by atoms with Crippen molar-refractivity contribution in [1.29, 1.82) is 0 Å². The van der Waals surface area contributed by atoms with Gasteiger partial charge in [0, 0.05) is 36.4 Å². The minimum atomic E-state index is -0.920. The number of aromatic nitrogens is 1. The highest BCUT2D eigenvalue weighted by Gasteiger charge is 2.32. The molecule has 2 aromatic carbocycles. The fourth-order valence-electron chi connectivity index (χ4n) is 5.11. The lowest BCUT2D eigenvalue weighted by molar-refractivity contribution is 0.286. The highest BCUT2D eigenvalue weighted by molar-refractivity contribution is 7.99. The lowest BCUT2D eigenvalue weighted by Crippen LogP contribution is -2.35. The molecule has 40 heavy (non-hydrogen) atoms. The summed E-state index contributed by atoms with van der Waals surface area (Å²) in [5, 5.41) is 0.631. The molecule has 1 aliphatic rings. The van der Waals surface area contributed by atoms with Crippen molar-refractivity contribution < 1.29 is 17.9 Å². The standard InChI is InChI=1S/C32H33F3N2O2S/c1-6-27(34)26(21(3)33)17-25-20(2)29(24-13-10-14-28(39-5)30(24)35)31(38)37-23(19-40-32(25)37)18-36(4)16-15-22-11-8-7-9-12-22/h6-14,23H,1,3,15-19H2,2,4-5H3/b27-26+. The quantitative estimate of drug-likeness (QED) is 0.230. The summed E-state index contributed by atoms with van der Waals surface area (Å²) in [6.45, 7) is 9.78. The first kappa shape index (κ1) is 29.5. The lowest BCUT2D eigenvalue weighted by Gasteiger charge is -2.24. The van der Waals surface area contributed by atoms with Crippen molar-refractivity contribution in [2.75, 3.05) is 33.0 Å². The van der Waals surface area contributed by atoms with Gasteiger partial charge >= 0.3 is 0 Å². The third kappa shape index (κ3) is 5.98. The van der Waals surface area contributed by atoms with Crippen molar-refractivity contribution in [1.82, 2.24) is 9.47 Å². The smallest absolute Gasteiger partial charge is 0.260 e. The maximum atomic E-state index is 15.5. The Labute approximate surface area is 237 Å². The van der Waals surface area contributed by atoms with E-state index in [9.17, 15) is 13.6 Å². The van der Waals surface area contributed by atoms with Crippen LogP contribution in [0.1, 0.15) is 22.7 Å². The van der Waals surface area contributed by atoms with E-state index in [4.69, 9.17) is 4.74 Å². The molecule has 0 saturated carbocycles. The van der Waals surface area contributed by atoms with Crippen LogP contribution >= 0.6 is 11.8 Å². The Morgan fingerprint density at radius 3 is 2.58 bits per heavy atom. The molecule has 3 aromatic rings. The van der Waals surface area contributed by atoms with Crippen molar-refractivity contribution >= 4 is 11.8 Å². The Hall–Kier alpha value is -3.49. The van der Waals surface area contributed by atoms with Crippen molar-refractivity contribution in [3.63, 3.8) is 0 Å². The van der Waals surface area contributed by atoms with Crippen LogP contribution in [0.15, 0.2) is 94.8 Å². The summed E-state index contributed by atoms with van der Waals surface area (Å²) in [5.41, 5.74) is 1.88. The van der Waals surface area contributed by atoms with Gasteiger partial charge in [0.2, 0.25) is 0 Å². The summed E-state index contributed by atoms with van der Waals surface area (Å²) in [7, 11) is 3.36. The molecule has 4 nitrogen and oxygen atoms in total. The molecule has 1 aliphatic heterocycles. The fourth-order valence-corrected chi connectivity index (χ4v) is 6.49. The van der Waals surface area contributed by atoms with Gasteiger partial charge in [-0.15, -0.1) is 11.8 Å². The van der Waals surface area contributed by atoms with E-state index in [1.807, 2.05) is 25.2 Å². The Bertz CT molecular complexity index is 1510. The SMILES string of the molecule is C=C/C(F)=C(/Cc1c(C)c(-c2cccc(OC)c2F)c(=O)n2c1SCC2CN(C)CCc1ccccc1)C(=C)F. The molecule has 0 N–H and O–H groups in total. The van der Waals surface area contributed by atoms with Gasteiger partial charge in [0.1, 0.15) is 11.7 Å². The fraction of sp³-hybridized carbons (Fsp3) is 0.281. The molecule has 0 saturated heterocycles. The van der Waals surface area contributed by atoms with Crippen LogP contribution in [0.4, 0.5) is 13.2 Å². The normalized spacial score (nSPS) is 15.1. The van der Waals surface area contributed by atoms with Gasteiger partial charge in [-0.1, -0.05) is 55.6 Å². The number of benzene rings is 2. The zero-order valence-electron chi connectivity index (χ0n) is 23.0. The number of ether oxygens (including phenoxy) is 1. The second kappa shape index (κ2) is 12.8. The lowest BCUT2D eigenvalue weighted by atomic mass is 9.93. The number of halogens is 3. The number of fused-ring (bicyclic) bond motifs is 1. The molecule has 2 heterocycles. The largest absolute Gasteiger partial charge is 0.494 e. The van der Waals surface area contributed by atoms with E-state index < -0.39 is 17.5 Å². The van der Waals surface area contributed by atoms with E-state index in [-0.39, 0.29) is 40.5 Å². The van der Waals surface area contributed by atoms with Crippen LogP contribution in [-0.4, -0.2) is 42.5 Å². The van der Waals surface area contributed by atoms with E-state index in [1.54, 1.807) is 17.6 Å². The summed E-state index contributed by atoms with van der Waals surface area (Å²) < 4.78 is 51.4. The number of methoxy groups -OCH3 is 1. The van der Waals surface area contributed by atoms with Gasteiger partial charge in [-0.25, -0.2) is 13.2 Å². The zero-order valence-corrected chi connectivity index (χ0v) is 23.8.